The molecule has 1 heterocycles. The third-order valence-corrected chi connectivity index (χ3v) is 7.29. The molecule has 0 aliphatic heterocycles. The van der Waals surface area contributed by atoms with Gasteiger partial charge in [0.05, 0.1) is 6.26 Å². The van der Waals surface area contributed by atoms with E-state index in [0.29, 0.717) is 13.0 Å². The smallest absolute Gasteiger partial charge is 0.287 e. The Morgan fingerprint density at radius 3 is 2.55 bits per heavy atom. The lowest BCUT2D eigenvalue weighted by Gasteiger charge is -2.30. The number of furan rings is 1. The van der Waals surface area contributed by atoms with Crippen molar-refractivity contribution in [3.63, 3.8) is 0 Å². The van der Waals surface area contributed by atoms with Crippen LogP contribution in [0.15, 0.2) is 58.0 Å². The molecule has 3 rings (SSSR count). The van der Waals surface area contributed by atoms with Gasteiger partial charge in [0.1, 0.15) is 6.04 Å². The number of hydrogen-bond donors (Lipinski definition) is 2. The van der Waals surface area contributed by atoms with Crippen molar-refractivity contribution in [2.24, 2.45) is 0 Å². The molecule has 1 aromatic heterocycles. The largest absolute Gasteiger partial charge is 0.459 e. The van der Waals surface area contributed by atoms with Gasteiger partial charge in [-0.15, -0.1) is 11.8 Å². The van der Waals surface area contributed by atoms with Crippen molar-refractivity contribution in [1.82, 2.24) is 10.6 Å². The first kappa shape index (κ1) is 21.8. The first-order valence-corrected chi connectivity index (χ1v) is 12.2. The van der Waals surface area contributed by atoms with Crippen molar-refractivity contribution in [1.29, 1.82) is 0 Å². The van der Waals surface area contributed by atoms with E-state index in [-0.39, 0.29) is 22.3 Å². The second kappa shape index (κ2) is 10.8. The van der Waals surface area contributed by atoms with E-state index in [0.717, 1.165) is 18.6 Å². The van der Waals surface area contributed by atoms with Crippen molar-refractivity contribution < 1.29 is 14.0 Å². The van der Waals surface area contributed by atoms with Crippen LogP contribution in [0.5, 0.6) is 0 Å². The molecule has 1 aliphatic rings. The molecule has 156 valence electrons. The molecule has 1 fully saturated rings. The maximum absolute atomic E-state index is 12.9. The van der Waals surface area contributed by atoms with Gasteiger partial charge in [0.25, 0.3) is 5.91 Å². The molecule has 2 aromatic rings. The average Bonchev–Trinajstić information content (AvgIpc) is 3.43. The minimum atomic E-state index is -0.569. The van der Waals surface area contributed by atoms with Crippen LogP contribution in [0, 0.1) is 0 Å². The zero-order valence-corrected chi connectivity index (χ0v) is 18.3. The predicted molar refractivity (Wildman–Crippen MR) is 119 cm³/mol. The lowest BCUT2D eigenvalue weighted by atomic mass is 10.1. The number of carbonyl (C=O) groups excluding carboxylic acids is 2. The van der Waals surface area contributed by atoms with E-state index in [1.54, 1.807) is 23.9 Å². The van der Waals surface area contributed by atoms with Crippen LogP contribution in [0.4, 0.5) is 0 Å². The van der Waals surface area contributed by atoms with Crippen LogP contribution in [0.3, 0.4) is 0 Å². The summed E-state index contributed by atoms with van der Waals surface area (Å²) >= 11 is 3.52. The Balaban J connectivity index is 1.62. The van der Waals surface area contributed by atoms with Crippen molar-refractivity contribution in [2.45, 2.75) is 47.8 Å². The second-order valence-corrected chi connectivity index (χ2v) is 9.84. The summed E-state index contributed by atoms with van der Waals surface area (Å²) in [5.74, 6) is 0.531. The van der Waals surface area contributed by atoms with E-state index >= 15 is 0 Å². The van der Waals surface area contributed by atoms with Crippen molar-refractivity contribution >= 4 is 35.3 Å². The summed E-state index contributed by atoms with van der Waals surface area (Å²) in [5.41, 5.74) is 0. The zero-order chi connectivity index (χ0) is 20.5. The molecular weight excluding hydrogens is 404 g/mol. The van der Waals surface area contributed by atoms with E-state index in [2.05, 4.69) is 22.8 Å². The molecule has 0 spiro atoms. The molecule has 1 unspecified atom stereocenters. The average molecular weight is 433 g/mol. The monoisotopic (exact) mass is 432 g/mol. The highest BCUT2D eigenvalue weighted by atomic mass is 32.2. The maximum atomic E-state index is 12.9. The van der Waals surface area contributed by atoms with Gasteiger partial charge in [-0.05, 0) is 55.5 Å². The van der Waals surface area contributed by atoms with Crippen LogP contribution in [0.1, 0.15) is 42.7 Å². The third kappa shape index (κ3) is 6.31. The molecule has 1 atom stereocenters. The van der Waals surface area contributed by atoms with Crippen molar-refractivity contribution in [3.05, 3.63) is 54.5 Å². The third-order valence-electron chi connectivity index (χ3n) is 5.15. The number of rotatable bonds is 10. The normalized spacial score (nSPS) is 16.3. The Labute approximate surface area is 180 Å². The Hall–Kier alpha value is -1.86. The topological polar surface area (TPSA) is 71.3 Å². The molecule has 0 bridgehead atoms. The first-order valence-electron chi connectivity index (χ1n) is 9.97. The lowest BCUT2D eigenvalue weighted by molar-refractivity contribution is -0.123. The van der Waals surface area contributed by atoms with Crippen LogP contribution in [0.25, 0.3) is 0 Å². The quantitative estimate of drug-likeness (QED) is 0.584. The number of thioether (sulfide) groups is 2. The molecule has 1 aliphatic carbocycles. The summed E-state index contributed by atoms with van der Waals surface area (Å²) in [6, 6.07) is 13.1. The lowest BCUT2D eigenvalue weighted by Crippen LogP contribution is -2.50. The Morgan fingerprint density at radius 2 is 1.90 bits per heavy atom. The van der Waals surface area contributed by atoms with Gasteiger partial charge in [-0.1, -0.05) is 31.0 Å². The van der Waals surface area contributed by atoms with Crippen molar-refractivity contribution in [3.8, 4) is 0 Å². The van der Waals surface area contributed by atoms with E-state index in [1.165, 1.54) is 24.0 Å². The summed E-state index contributed by atoms with van der Waals surface area (Å²) in [4.78, 5) is 26.5. The Kier molecular flexibility index (Phi) is 8.12. The van der Waals surface area contributed by atoms with Crippen LogP contribution in [-0.2, 0) is 4.79 Å². The fourth-order valence-corrected chi connectivity index (χ4v) is 5.49. The van der Waals surface area contributed by atoms with Crippen LogP contribution < -0.4 is 10.6 Å². The van der Waals surface area contributed by atoms with Crippen LogP contribution in [0.2, 0.25) is 0 Å². The highest BCUT2D eigenvalue weighted by Crippen LogP contribution is 2.44. The number of hydrogen-bond acceptors (Lipinski definition) is 5. The highest BCUT2D eigenvalue weighted by molar-refractivity contribution is 8.00. The molecule has 5 nitrogen and oxygen atoms in total. The molecule has 0 saturated heterocycles. The molecule has 1 saturated carbocycles. The molecular formula is C22H28N2O3S2. The molecule has 1 aromatic carbocycles. The summed E-state index contributed by atoms with van der Waals surface area (Å²) in [7, 11) is 0. The second-order valence-electron chi connectivity index (χ2n) is 7.31. The van der Waals surface area contributed by atoms with Crippen LogP contribution in [-0.4, -0.2) is 41.2 Å². The zero-order valence-electron chi connectivity index (χ0n) is 16.7. The van der Waals surface area contributed by atoms with Crippen LogP contribution >= 0.6 is 23.5 Å². The number of benzene rings is 1. The molecule has 2 N–H and O–H groups in total. The van der Waals surface area contributed by atoms with Gasteiger partial charge in [-0.25, -0.2) is 0 Å². The van der Waals surface area contributed by atoms with E-state index in [9.17, 15) is 9.59 Å². The Morgan fingerprint density at radius 1 is 1.14 bits per heavy atom. The van der Waals surface area contributed by atoms with Gasteiger partial charge >= 0.3 is 0 Å². The van der Waals surface area contributed by atoms with E-state index in [4.69, 9.17) is 4.42 Å². The highest BCUT2D eigenvalue weighted by Gasteiger charge is 2.36. The minimum Gasteiger partial charge on any atom is -0.459 e. The van der Waals surface area contributed by atoms with Gasteiger partial charge in [0, 0.05) is 16.2 Å². The summed E-state index contributed by atoms with van der Waals surface area (Å²) in [6.07, 6.45) is 8.56. The van der Waals surface area contributed by atoms with E-state index < -0.39 is 6.04 Å². The molecule has 2 amide bonds. The van der Waals surface area contributed by atoms with Crippen molar-refractivity contribution in [2.75, 3.05) is 18.6 Å². The number of carbonyl (C=O) groups is 2. The standard InChI is InChI=1S/C22H28N2O3S2/c1-28-15-11-18(24-21(26)19-10-7-14-27-19)20(25)23-16-22(12-5-6-13-22)29-17-8-3-2-4-9-17/h2-4,7-10,14,18H,5-6,11-13,15-16H2,1H3,(H,23,25)(H,24,26). The summed E-state index contributed by atoms with van der Waals surface area (Å²) in [6.45, 7) is 0.609. The Bertz CT molecular complexity index is 775. The number of nitrogens with one attached hydrogen (secondary N) is 2. The molecule has 0 radical (unpaired) electrons. The predicted octanol–water partition coefficient (Wildman–Crippen LogP) is 4.35. The number of amides is 2. The van der Waals surface area contributed by atoms with E-state index in [1.807, 2.05) is 36.2 Å². The fraction of sp³-hybridized carbons (Fsp3) is 0.455. The maximum Gasteiger partial charge on any atom is 0.287 e. The summed E-state index contributed by atoms with van der Waals surface area (Å²) in [5, 5.41) is 5.96. The molecule has 29 heavy (non-hydrogen) atoms. The minimum absolute atomic E-state index is 0.0199. The fourth-order valence-electron chi connectivity index (χ4n) is 3.59. The van der Waals surface area contributed by atoms with Gasteiger partial charge < -0.3 is 15.1 Å². The summed E-state index contributed by atoms with van der Waals surface area (Å²) < 4.78 is 5.17. The first-order chi connectivity index (χ1) is 14.1. The SMILES string of the molecule is CSCCC(NC(=O)c1ccco1)C(=O)NCC1(Sc2ccccc2)CCCC1. The van der Waals surface area contributed by atoms with Gasteiger partial charge in [0.2, 0.25) is 5.91 Å². The molecule has 7 heteroatoms. The van der Waals surface area contributed by atoms with Gasteiger partial charge in [-0.3, -0.25) is 9.59 Å². The van der Waals surface area contributed by atoms with Gasteiger partial charge in [-0.2, -0.15) is 11.8 Å². The van der Waals surface area contributed by atoms with Gasteiger partial charge in [0.15, 0.2) is 5.76 Å².